The fourth-order valence-electron chi connectivity index (χ4n) is 2.89. The van der Waals surface area contributed by atoms with Crippen LogP contribution >= 0.6 is 11.3 Å². The van der Waals surface area contributed by atoms with Gasteiger partial charge in [-0.25, -0.2) is 9.97 Å². The molecule has 1 atom stereocenters. The summed E-state index contributed by atoms with van der Waals surface area (Å²) in [5.74, 6) is 0.791. The fraction of sp³-hybridized carbons (Fsp3) is 0.267. The molecular weight excluding hydrogens is 312 g/mol. The van der Waals surface area contributed by atoms with Crippen LogP contribution in [0, 0.1) is 0 Å². The van der Waals surface area contributed by atoms with E-state index in [4.69, 9.17) is 0 Å². The van der Waals surface area contributed by atoms with E-state index in [9.17, 15) is 4.79 Å². The number of thiophene rings is 1. The Morgan fingerprint density at radius 3 is 3.13 bits per heavy atom. The minimum absolute atomic E-state index is 0.0440. The van der Waals surface area contributed by atoms with Gasteiger partial charge in [-0.05, 0) is 30.4 Å². The second-order valence-electron chi connectivity index (χ2n) is 5.31. The molecule has 0 radical (unpaired) electrons. The molecule has 4 heterocycles. The van der Waals surface area contributed by atoms with E-state index < -0.39 is 0 Å². The standard InChI is InChI=1S/C15H14N6OS/c22-14(20-10-3-5-18-19-8-10)12-2-1-6-21(12)13-11-4-7-23-15(11)17-9-16-13/h3-5,7-9,12H,1-2,6H2,(H,18,20,22). The molecule has 0 saturated carbocycles. The van der Waals surface area contributed by atoms with Gasteiger partial charge in [0, 0.05) is 6.54 Å². The number of aromatic nitrogens is 4. The topological polar surface area (TPSA) is 83.9 Å². The van der Waals surface area contributed by atoms with Crippen LogP contribution in [0.25, 0.3) is 10.2 Å². The van der Waals surface area contributed by atoms with Crippen LogP contribution < -0.4 is 10.2 Å². The van der Waals surface area contributed by atoms with Crippen LogP contribution in [0.15, 0.2) is 36.2 Å². The van der Waals surface area contributed by atoms with Gasteiger partial charge < -0.3 is 10.2 Å². The van der Waals surface area contributed by atoms with Crippen molar-refractivity contribution in [2.75, 3.05) is 16.8 Å². The normalized spacial score (nSPS) is 17.6. The molecule has 7 nitrogen and oxygen atoms in total. The van der Waals surface area contributed by atoms with Gasteiger partial charge in [0.25, 0.3) is 0 Å². The lowest BCUT2D eigenvalue weighted by atomic mass is 10.2. The summed E-state index contributed by atoms with van der Waals surface area (Å²) in [4.78, 5) is 24.3. The molecule has 1 unspecified atom stereocenters. The molecule has 0 spiro atoms. The molecule has 1 N–H and O–H groups in total. The summed E-state index contributed by atoms with van der Waals surface area (Å²) < 4.78 is 0. The van der Waals surface area contributed by atoms with E-state index in [0.29, 0.717) is 5.69 Å². The summed E-state index contributed by atoms with van der Waals surface area (Å²) in [6.07, 6.45) is 6.43. The number of hydrogen-bond acceptors (Lipinski definition) is 7. The van der Waals surface area contributed by atoms with Crippen molar-refractivity contribution in [2.45, 2.75) is 18.9 Å². The summed E-state index contributed by atoms with van der Waals surface area (Å²) in [7, 11) is 0. The lowest BCUT2D eigenvalue weighted by Crippen LogP contribution is -2.40. The van der Waals surface area contributed by atoms with Gasteiger partial charge in [0.1, 0.15) is 23.0 Å². The molecule has 3 aromatic heterocycles. The second-order valence-corrected chi connectivity index (χ2v) is 6.20. The molecule has 1 aliphatic heterocycles. The predicted octanol–water partition coefficient (Wildman–Crippen LogP) is 2.09. The summed E-state index contributed by atoms with van der Waals surface area (Å²) in [6, 6.07) is 3.50. The van der Waals surface area contributed by atoms with Gasteiger partial charge in [0.05, 0.1) is 23.5 Å². The average Bonchev–Trinajstić information content (AvgIpc) is 3.24. The molecule has 8 heteroatoms. The Hall–Kier alpha value is -2.61. The number of carbonyl (C=O) groups is 1. The van der Waals surface area contributed by atoms with Gasteiger partial charge in [-0.15, -0.1) is 11.3 Å². The lowest BCUT2D eigenvalue weighted by molar-refractivity contribution is -0.117. The summed E-state index contributed by atoms with van der Waals surface area (Å²) in [5, 5.41) is 13.4. The largest absolute Gasteiger partial charge is 0.344 e. The Kier molecular flexibility index (Phi) is 3.58. The van der Waals surface area contributed by atoms with E-state index in [0.717, 1.165) is 35.4 Å². The van der Waals surface area contributed by atoms with Gasteiger partial charge in [0.2, 0.25) is 5.91 Å². The van der Waals surface area contributed by atoms with Crippen molar-refractivity contribution < 1.29 is 4.79 Å². The Bertz CT molecular complexity index is 836. The number of nitrogens with one attached hydrogen (secondary N) is 1. The molecule has 0 aromatic carbocycles. The van der Waals surface area contributed by atoms with Crippen molar-refractivity contribution in [3.63, 3.8) is 0 Å². The molecule has 1 amide bonds. The van der Waals surface area contributed by atoms with Crippen molar-refractivity contribution in [3.8, 4) is 0 Å². The Balaban J connectivity index is 1.61. The van der Waals surface area contributed by atoms with Crippen molar-refractivity contribution in [3.05, 3.63) is 36.2 Å². The fourth-order valence-corrected chi connectivity index (χ4v) is 3.62. The predicted molar refractivity (Wildman–Crippen MR) is 88.4 cm³/mol. The van der Waals surface area contributed by atoms with Gasteiger partial charge in [0.15, 0.2) is 0 Å². The lowest BCUT2D eigenvalue weighted by Gasteiger charge is -2.25. The highest BCUT2D eigenvalue weighted by molar-refractivity contribution is 7.16. The SMILES string of the molecule is O=C(Nc1ccnnc1)C1CCCN1c1ncnc2sccc12. The number of fused-ring (bicyclic) bond motifs is 1. The number of hydrogen-bond donors (Lipinski definition) is 1. The monoisotopic (exact) mass is 326 g/mol. The molecule has 0 aliphatic carbocycles. The van der Waals surface area contributed by atoms with Crippen LogP contribution in [-0.2, 0) is 4.79 Å². The number of rotatable bonds is 3. The molecule has 1 saturated heterocycles. The number of nitrogens with zero attached hydrogens (tertiary/aromatic N) is 5. The molecule has 4 rings (SSSR count). The highest BCUT2D eigenvalue weighted by Crippen LogP contribution is 2.32. The van der Waals surface area contributed by atoms with Gasteiger partial charge >= 0.3 is 0 Å². The van der Waals surface area contributed by atoms with Crippen molar-refractivity contribution >= 4 is 39.0 Å². The first-order chi connectivity index (χ1) is 11.3. The molecule has 0 bridgehead atoms. The first kappa shape index (κ1) is 14.0. The van der Waals surface area contributed by atoms with E-state index in [1.807, 2.05) is 11.4 Å². The Morgan fingerprint density at radius 2 is 2.26 bits per heavy atom. The zero-order valence-corrected chi connectivity index (χ0v) is 13.0. The zero-order chi connectivity index (χ0) is 15.6. The van der Waals surface area contributed by atoms with E-state index in [1.54, 1.807) is 36.1 Å². The second kappa shape index (κ2) is 5.88. The highest BCUT2D eigenvalue weighted by Gasteiger charge is 2.32. The minimum atomic E-state index is -0.235. The number of anilines is 2. The summed E-state index contributed by atoms with van der Waals surface area (Å²) in [6.45, 7) is 0.814. The third-order valence-corrected chi connectivity index (χ3v) is 4.74. The van der Waals surface area contributed by atoms with Crippen molar-refractivity contribution in [1.82, 2.24) is 20.2 Å². The summed E-state index contributed by atoms with van der Waals surface area (Å²) in [5.41, 5.74) is 0.653. The van der Waals surface area contributed by atoms with Crippen LogP contribution in [0.4, 0.5) is 11.5 Å². The first-order valence-corrected chi connectivity index (χ1v) is 8.23. The van der Waals surface area contributed by atoms with Crippen LogP contribution in [-0.4, -0.2) is 38.7 Å². The minimum Gasteiger partial charge on any atom is -0.344 e. The summed E-state index contributed by atoms with van der Waals surface area (Å²) >= 11 is 1.58. The third-order valence-electron chi connectivity index (χ3n) is 3.92. The Morgan fingerprint density at radius 1 is 1.30 bits per heavy atom. The molecular formula is C15H14N6OS. The number of amides is 1. The zero-order valence-electron chi connectivity index (χ0n) is 12.2. The van der Waals surface area contributed by atoms with Crippen molar-refractivity contribution in [1.29, 1.82) is 0 Å². The van der Waals surface area contributed by atoms with Crippen molar-refractivity contribution in [2.24, 2.45) is 0 Å². The molecule has 116 valence electrons. The highest BCUT2D eigenvalue weighted by atomic mass is 32.1. The molecule has 1 aliphatic rings. The average molecular weight is 326 g/mol. The molecule has 3 aromatic rings. The van der Waals surface area contributed by atoms with E-state index in [1.165, 1.54) is 0 Å². The van der Waals surface area contributed by atoms with Gasteiger partial charge in [-0.3, -0.25) is 4.79 Å². The van der Waals surface area contributed by atoms with E-state index in [2.05, 4.69) is 30.4 Å². The number of carbonyl (C=O) groups excluding carboxylic acids is 1. The van der Waals surface area contributed by atoms with Crippen LogP contribution in [0.2, 0.25) is 0 Å². The van der Waals surface area contributed by atoms with E-state index in [-0.39, 0.29) is 11.9 Å². The van der Waals surface area contributed by atoms with Gasteiger partial charge in [-0.2, -0.15) is 10.2 Å². The maximum Gasteiger partial charge on any atom is 0.247 e. The maximum absolute atomic E-state index is 12.6. The molecule has 1 fully saturated rings. The van der Waals surface area contributed by atoms with Crippen LogP contribution in [0.3, 0.4) is 0 Å². The van der Waals surface area contributed by atoms with Crippen LogP contribution in [0.5, 0.6) is 0 Å². The quantitative estimate of drug-likeness (QED) is 0.793. The first-order valence-electron chi connectivity index (χ1n) is 7.35. The third kappa shape index (κ3) is 2.61. The maximum atomic E-state index is 12.6. The van der Waals surface area contributed by atoms with Crippen LogP contribution in [0.1, 0.15) is 12.8 Å². The van der Waals surface area contributed by atoms with Gasteiger partial charge in [-0.1, -0.05) is 0 Å². The van der Waals surface area contributed by atoms with E-state index >= 15 is 0 Å². The smallest absolute Gasteiger partial charge is 0.247 e. The molecule has 23 heavy (non-hydrogen) atoms. The Labute approximate surface area is 136 Å².